The third kappa shape index (κ3) is 2.59. The maximum absolute atomic E-state index is 13.9. The summed E-state index contributed by atoms with van der Waals surface area (Å²) in [5.41, 5.74) is -0.994. The van der Waals surface area contributed by atoms with Crippen LogP contribution in [0.2, 0.25) is 0 Å². The molecule has 0 bridgehead atoms. The van der Waals surface area contributed by atoms with Gasteiger partial charge in [-0.3, -0.25) is 9.36 Å². The van der Waals surface area contributed by atoms with E-state index < -0.39 is 22.9 Å². The molecule has 112 valence electrons. The van der Waals surface area contributed by atoms with Gasteiger partial charge in [0.1, 0.15) is 11.6 Å². The van der Waals surface area contributed by atoms with E-state index in [1.54, 1.807) is 6.07 Å². The Bertz CT molecular complexity index is 995. The standard InChI is InChI=1S/C15H9BrF2N2O2/c16-9-2-1-8(12(18)5-9)7-20-14(21)11-4-3-10(17)6-13(11)19-15(20)22/h1-6H,7H2,(H,19,22). The zero-order valence-corrected chi connectivity index (χ0v) is 12.7. The number of hydrogen-bond donors (Lipinski definition) is 1. The van der Waals surface area contributed by atoms with Crippen molar-refractivity contribution in [2.45, 2.75) is 6.54 Å². The summed E-state index contributed by atoms with van der Waals surface area (Å²) in [7, 11) is 0. The molecule has 22 heavy (non-hydrogen) atoms. The Kier molecular flexibility index (Phi) is 3.66. The van der Waals surface area contributed by atoms with Crippen LogP contribution in [0, 0.1) is 11.6 Å². The van der Waals surface area contributed by atoms with Crippen LogP contribution >= 0.6 is 15.9 Å². The largest absolute Gasteiger partial charge is 0.329 e. The van der Waals surface area contributed by atoms with Crippen molar-refractivity contribution in [2.75, 3.05) is 0 Å². The second kappa shape index (κ2) is 5.49. The van der Waals surface area contributed by atoms with Gasteiger partial charge in [0.25, 0.3) is 5.56 Å². The summed E-state index contributed by atoms with van der Waals surface area (Å²) in [6, 6.07) is 7.85. The van der Waals surface area contributed by atoms with Gasteiger partial charge in [0.2, 0.25) is 0 Å². The molecular formula is C15H9BrF2N2O2. The number of aromatic nitrogens is 2. The molecule has 7 heteroatoms. The van der Waals surface area contributed by atoms with E-state index in [-0.39, 0.29) is 23.0 Å². The number of H-pyrrole nitrogens is 1. The van der Waals surface area contributed by atoms with Crippen molar-refractivity contribution in [3.63, 3.8) is 0 Å². The third-order valence-corrected chi connectivity index (χ3v) is 3.78. The van der Waals surface area contributed by atoms with Crippen LogP contribution in [0.25, 0.3) is 10.9 Å². The van der Waals surface area contributed by atoms with E-state index in [0.29, 0.717) is 4.47 Å². The Hall–Kier alpha value is -2.28. The van der Waals surface area contributed by atoms with Crippen molar-refractivity contribution < 1.29 is 8.78 Å². The van der Waals surface area contributed by atoms with Crippen LogP contribution in [0.1, 0.15) is 5.56 Å². The number of fused-ring (bicyclic) bond motifs is 1. The predicted octanol–water partition coefficient (Wildman–Crippen LogP) is 2.78. The Morgan fingerprint density at radius 3 is 2.59 bits per heavy atom. The van der Waals surface area contributed by atoms with Crippen molar-refractivity contribution in [1.82, 2.24) is 9.55 Å². The second-order valence-corrected chi connectivity index (χ2v) is 5.66. The van der Waals surface area contributed by atoms with Crippen molar-refractivity contribution in [1.29, 1.82) is 0 Å². The molecule has 0 atom stereocenters. The first-order chi connectivity index (χ1) is 10.5. The first-order valence-electron chi connectivity index (χ1n) is 6.32. The summed E-state index contributed by atoms with van der Waals surface area (Å²) >= 11 is 3.14. The van der Waals surface area contributed by atoms with Gasteiger partial charge < -0.3 is 4.98 Å². The highest BCUT2D eigenvalue weighted by Gasteiger charge is 2.11. The Morgan fingerprint density at radius 1 is 1.09 bits per heavy atom. The molecule has 3 rings (SSSR count). The molecule has 0 amide bonds. The van der Waals surface area contributed by atoms with Crippen molar-refractivity contribution in [3.05, 3.63) is 78.9 Å². The fourth-order valence-corrected chi connectivity index (χ4v) is 2.52. The van der Waals surface area contributed by atoms with Gasteiger partial charge in [-0.15, -0.1) is 0 Å². The van der Waals surface area contributed by atoms with Crippen LogP contribution in [0.5, 0.6) is 0 Å². The molecular weight excluding hydrogens is 358 g/mol. The molecule has 0 aliphatic rings. The second-order valence-electron chi connectivity index (χ2n) is 4.75. The zero-order chi connectivity index (χ0) is 15.9. The van der Waals surface area contributed by atoms with Gasteiger partial charge in [-0.1, -0.05) is 22.0 Å². The average Bonchev–Trinajstić information content (AvgIpc) is 2.45. The van der Waals surface area contributed by atoms with E-state index in [0.717, 1.165) is 16.7 Å². The number of benzene rings is 2. The van der Waals surface area contributed by atoms with Crippen LogP contribution in [0.3, 0.4) is 0 Å². The highest BCUT2D eigenvalue weighted by Crippen LogP contribution is 2.16. The molecule has 2 aromatic carbocycles. The lowest BCUT2D eigenvalue weighted by atomic mass is 10.2. The first-order valence-corrected chi connectivity index (χ1v) is 7.11. The molecule has 0 aliphatic carbocycles. The summed E-state index contributed by atoms with van der Waals surface area (Å²) < 4.78 is 28.5. The van der Waals surface area contributed by atoms with E-state index in [2.05, 4.69) is 20.9 Å². The van der Waals surface area contributed by atoms with Crippen LogP contribution in [0.15, 0.2) is 50.5 Å². The highest BCUT2D eigenvalue weighted by molar-refractivity contribution is 9.10. The third-order valence-electron chi connectivity index (χ3n) is 3.29. The minimum atomic E-state index is -0.717. The molecule has 1 heterocycles. The van der Waals surface area contributed by atoms with E-state index in [4.69, 9.17) is 0 Å². The molecule has 1 aromatic heterocycles. The smallest absolute Gasteiger partial charge is 0.307 e. The van der Waals surface area contributed by atoms with Gasteiger partial charge in [-0.05, 0) is 30.3 Å². The maximum Gasteiger partial charge on any atom is 0.329 e. The number of rotatable bonds is 2. The zero-order valence-electron chi connectivity index (χ0n) is 11.1. The number of hydrogen-bond acceptors (Lipinski definition) is 2. The van der Waals surface area contributed by atoms with Crippen LogP contribution in [-0.4, -0.2) is 9.55 Å². The lowest BCUT2D eigenvalue weighted by molar-refractivity contribution is 0.589. The molecule has 0 aliphatic heterocycles. The average molecular weight is 367 g/mol. The molecule has 3 aromatic rings. The van der Waals surface area contributed by atoms with Crippen molar-refractivity contribution in [3.8, 4) is 0 Å². The quantitative estimate of drug-likeness (QED) is 0.758. The van der Waals surface area contributed by atoms with Gasteiger partial charge in [0.15, 0.2) is 0 Å². The van der Waals surface area contributed by atoms with Crippen LogP contribution in [-0.2, 0) is 6.54 Å². The Balaban J connectivity index is 2.17. The Morgan fingerprint density at radius 2 is 1.86 bits per heavy atom. The van der Waals surface area contributed by atoms with Gasteiger partial charge in [0.05, 0.1) is 17.4 Å². The lowest BCUT2D eigenvalue weighted by Crippen LogP contribution is -2.35. The molecule has 1 N–H and O–H groups in total. The highest BCUT2D eigenvalue weighted by atomic mass is 79.9. The van der Waals surface area contributed by atoms with E-state index in [1.807, 2.05) is 0 Å². The summed E-state index contributed by atoms with van der Waals surface area (Å²) in [5, 5.41) is 0.165. The predicted molar refractivity (Wildman–Crippen MR) is 82.0 cm³/mol. The first kappa shape index (κ1) is 14.6. The van der Waals surface area contributed by atoms with Gasteiger partial charge in [-0.2, -0.15) is 0 Å². The number of halogens is 3. The van der Waals surface area contributed by atoms with Crippen molar-refractivity contribution >= 4 is 26.8 Å². The summed E-state index contributed by atoms with van der Waals surface area (Å²) in [5.74, 6) is -1.08. The fourth-order valence-electron chi connectivity index (χ4n) is 2.19. The number of nitrogens with zero attached hydrogens (tertiary/aromatic N) is 1. The minimum absolute atomic E-state index is 0.113. The number of nitrogens with one attached hydrogen (secondary N) is 1. The summed E-state index contributed by atoms with van der Waals surface area (Å²) in [6.07, 6.45) is 0. The molecule has 0 spiro atoms. The fraction of sp³-hybridized carbons (Fsp3) is 0.0667. The van der Waals surface area contributed by atoms with E-state index in [1.165, 1.54) is 18.2 Å². The molecule has 4 nitrogen and oxygen atoms in total. The van der Waals surface area contributed by atoms with E-state index in [9.17, 15) is 18.4 Å². The summed E-state index contributed by atoms with van der Waals surface area (Å²) in [6.45, 7) is -0.208. The Labute approximate surface area is 131 Å². The SMILES string of the molecule is O=c1[nH]c2cc(F)ccc2c(=O)n1Cc1ccc(Br)cc1F. The topological polar surface area (TPSA) is 54.9 Å². The normalized spacial score (nSPS) is 11.0. The molecule has 0 saturated heterocycles. The molecule has 0 radical (unpaired) electrons. The lowest BCUT2D eigenvalue weighted by Gasteiger charge is -2.08. The number of aromatic amines is 1. The van der Waals surface area contributed by atoms with Gasteiger partial charge in [0, 0.05) is 10.0 Å². The maximum atomic E-state index is 13.9. The van der Waals surface area contributed by atoms with Crippen LogP contribution in [0.4, 0.5) is 8.78 Å². The summed E-state index contributed by atoms with van der Waals surface area (Å²) in [4.78, 5) is 26.8. The van der Waals surface area contributed by atoms with Crippen LogP contribution < -0.4 is 11.2 Å². The monoisotopic (exact) mass is 366 g/mol. The molecule has 0 saturated carbocycles. The molecule has 0 fully saturated rings. The van der Waals surface area contributed by atoms with Gasteiger partial charge in [-0.25, -0.2) is 13.6 Å². The van der Waals surface area contributed by atoms with Gasteiger partial charge >= 0.3 is 5.69 Å². The van der Waals surface area contributed by atoms with Crippen molar-refractivity contribution in [2.24, 2.45) is 0 Å². The molecule has 0 unspecified atom stereocenters. The minimum Gasteiger partial charge on any atom is -0.307 e. The van der Waals surface area contributed by atoms with E-state index >= 15 is 0 Å².